The molecule has 0 fully saturated rings. The van der Waals surface area contributed by atoms with E-state index in [2.05, 4.69) is 10.3 Å². The van der Waals surface area contributed by atoms with Crippen LogP contribution in [0, 0.1) is 5.92 Å². The van der Waals surface area contributed by atoms with Gasteiger partial charge in [0.15, 0.2) is 0 Å². The average Bonchev–Trinajstić information content (AvgIpc) is 2.38. The maximum Gasteiger partial charge on any atom is 0.253 e. The minimum atomic E-state index is -0.137. The Bertz CT molecular complexity index is 379. The fourth-order valence-corrected chi connectivity index (χ4v) is 1.96. The van der Waals surface area contributed by atoms with E-state index in [0.29, 0.717) is 17.9 Å². The molecule has 0 aliphatic carbocycles. The molecule has 1 atom stereocenters. The maximum absolute atomic E-state index is 12.0. The molecule has 100 valence electrons. The van der Waals surface area contributed by atoms with E-state index in [4.69, 9.17) is 5.11 Å². The number of nitrogens with zero attached hydrogens (tertiary/aromatic N) is 1. The van der Waals surface area contributed by atoms with Crippen LogP contribution in [-0.2, 0) is 0 Å². The number of pyridine rings is 1. The highest BCUT2D eigenvalue weighted by molar-refractivity contribution is 7.98. The van der Waals surface area contributed by atoms with Gasteiger partial charge in [-0.25, -0.2) is 4.98 Å². The van der Waals surface area contributed by atoms with Crippen molar-refractivity contribution in [2.24, 2.45) is 5.92 Å². The van der Waals surface area contributed by atoms with Crippen molar-refractivity contribution in [3.63, 3.8) is 0 Å². The molecule has 1 heterocycles. The number of aliphatic hydroxyl groups excluding tert-OH is 1. The van der Waals surface area contributed by atoms with Gasteiger partial charge in [0.25, 0.3) is 5.91 Å². The van der Waals surface area contributed by atoms with Crippen LogP contribution in [0.3, 0.4) is 0 Å². The molecule has 5 heteroatoms. The number of carbonyl (C=O) groups excluding carboxylic acids is 1. The first-order chi connectivity index (χ1) is 8.58. The summed E-state index contributed by atoms with van der Waals surface area (Å²) in [7, 11) is 0. The van der Waals surface area contributed by atoms with E-state index in [0.717, 1.165) is 5.03 Å². The molecular formula is C13H20N2O2S. The molecule has 0 saturated carbocycles. The van der Waals surface area contributed by atoms with Crippen LogP contribution in [-0.4, -0.2) is 34.9 Å². The molecular weight excluding hydrogens is 248 g/mol. The molecule has 1 aromatic rings. The number of aliphatic hydroxyl groups is 1. The van der Waals surface area contributed by atoms with Gasteiger partial charge in [0.1, 0.15) is 0 Å². The minimum Gasteiger partial charge on any atom is -0.396 e. The largest absolute Gasteiger partial charge is 0.396 e. The standard InChI is InChI=1S/C13H20N2O2S/c1-9(2)11(6-7-16)15-13(17)10-4-5-12(18-3)14-8-10/h4-5,8-9,11,16H,6-7H2,1-3H3,(H,15,17). The van der Waals surface area contributed by atoms with Gasteiger partial charge in [-0.2, -0.15) is 0 Å². The number of thioether (sulfide) groups is 1. The van der Waals surface area contributed by atoms with Crippen LogP contribution < -0.4 is 5.32 Å². The van der Waals surface area contributed by atoms with Crippen molar-refractivity contribution < 1.29 is 9.90 Å². The van der Waals surface area contributed by atoms with E-state index in [1.54, 1.807) is 24.0 Å². The van der Waals surface area contributed by atoms with E-state index < -0.39 is 0 Å². The number of hydrogen-bond acceptors (Lipinski definition) is 4. The zero-order valence-electron chi connectivity index (χ0n) is 11.0. The molecule has 2 N–H and O–H groups in total. The van der Waals surface area contributed by atoms with Gasteiger partial charge in [0, 0.05) is 18.8 Å². The Morgan fingerprint density at radius 3 is 2.67 bits per heavy atom. The molecule has 0 aromatic carbocycles. The SMILES string of the molecule is CSc1ccc(C(=O)NC(CCO)C(C)C)cn1. The predicted octanol–water partition coefficient (Wildman–Crippen LogP) is 1.94. The number of rotatable bonds is 6. The predicted molar refractivity (Wildman–Crippen MR) is 73.8 cm³/mol. The number of amides is 1. The molecule has 0 aliphatic rings. The molecule has 0 bridgehead atoms. The Morgan fingerprint density at radius 1 is 1.50 bits per heavy atom. The highest BCUT2D eigenvalue weighted by atomic mass is 32.2. The van der Waals surface area contributed by atoms with E-state index in [1.165, 1.54) is 0 Å². The van der Waals surface area contributed by atoms with Crippen molar-refractivity contribution in [2.45, 2.75) is 31.3 Å². The lowest BCUT2D eigenvalue weighted by molar-refractivity contribution is 0.0916. The Labute approximate surface area is 112 Å². The van der Waals surface area contributed by atoms with Gasteiger partial charge < -0.3 is 10.4 Å². The van der Waals surface area contributed by atoms with Crippen molar-refractivity contribution in [3.8, 4) is 0 Å². The highest BCUT2D eigenvalue weighted by Crippen LogP contribution is 2.12. The second-order valence-corrected chi connectivity index (χ2v) is 5.25. The van der Waals surface area contributed by atoms with E-state index >= 15 is 0 Å². The summed E-state index contributed by atoms with van der Waals surface area (Å²) < 4.78 is 0. The van der Waals surface area contributed by atoms with Gasteiger partial charge in [-0.1, -0.05) is 13.8 Å². The quantitative estimate of drug-likeness (QED) is 0.774. The molecule has 1 amide bonds. The molecule has 1 aromatic heterocycles. The van der Waals surface area contributed by atoms with Crippen molar-refractivity contribution >= 4 is 17.7 Å². The second kappa shape index (κ2) is 7.38. The molecule has 0 saturated heterocycles. The summed E-state index contributed by atoms with van der Waals surface area (Å²) in [6.07, 6.45) is 4.09. The lowest BCUT2D eigenvalue weighted by atomic mass is 10.0. The van der Waals surface area contributed by atoms with Gasteiger partial charge in [-0.15, -0.1) is 11.8 Å². The molecule has 4 nitrogen and oxygen atoms in total. The lowest BCUT2D eigenvalue weighted by Crippen LogP contribution is -2.39. The Hall–Kier alpha value is -1.07. The fraction of sp³-hybridized carbons (Fsp3) is 0.538. The molecule has 0 radical (unpaired) electrons. The Balaban J connectivity index is 2.67. The van der Waals surface area contributed by atoms with E-state index in [-0.39, 0.29) is 18.6 Å². The van der Waals surface area contributed by atoms with Gasteiger partial charge in [-0.3, -0.25) is 4.79 Å². The lowest BCUT2D eigenvalue weighted by Gasteiger charge is -2.21. The minimum absolute atomic E-state index is 0.0114. The normalized spacial score (nSPS) is 12.5. The highest BCUT2D eigenvalue weighted by Gasteiger charge is 2.16. The summed E-state index contributed by atoms with van der Waals surface area (Å²) in [5, 5.41) is 12.8. The summed E-state index contributed by atoms with van der Waals surface area (Å²) in [5.74, 6) is 0.154. The molecule has 0 spiro atoms. The first-order valence-corrected chi connectivity index (χ1v) is 7.22. The summed E-state index contributed by atoms with van der Waals surface area (Å²) >= 11 is 1.54. The summed E-state index contributed by atoms with van der Waals surface area (Å²) in [6, 6.07) is 3.59. The zero-order valence-corrected chi connectivity index (χ0v) is 11.8. The summed E-state index contributed by atoms with van der Waals surface area (Å²) in [6.45, 7) is 4.12. The van der Waals surface area contributed by atoms with Crippen molar-refractivity contribution in [1.82, 2.24) is 10.3 Å². The Kier molecular flexibility index (Phi) is 6.15. The second-order valence-electron chi connectivity index (χ2n) is 4.43. The van der Waals surface area contributed by atoms with Crippen LogP contribution in [0.5, 0.6) is 0 Å². The number of hydrogen-bond donors (Lipinski definition) is 2. The summed E-state index contributed by atoms with van der Waals surface area (Å²) in [5.41, 5.74) is 0.552. The molecule has 0 aliphatic heterocycles. The van der Waals surface area contributed by atoms with Gasteiger partial charge in [0.2, 0.25) is 0 Å². The van der Waals surface area contributed by atoms with Crippen molar-refractivity contribution in [3.05, 3.63) is 23.9 Å². The van der Waals surface area contributed by atoms with E-state index in [9.17, 15) is 4.79 Å². The average molecular weight is 268 g/mol. The smallest absolute Gasteiger partial charge is 0.253 e. The molecule has 1 rings (SSSR count). The first kappa shape index (κ1) is 15.0. The zero-order chi connectivity index (χ0) is 13.5. The van der Waals surface area contributed by atoms with Crippen LogP contribution >= 0.6 is 11.8 Å². The monoisotopic (exact) mass is 268 g/mol. The van der Waals surface area contributed by atoms with Crippen LogP contribution in [0.2, 0.25) is 0 Å². The van der Waals surface area contributed by atoms with Gasteiger partial charge >= 0.3 is 0 Å². The number of carbonyl (C=O) groups is 1. The third-order valence-electron chi connectivity index (χ3n) is 2.77. The van der Waals surface area contributed by atoms with Crippen LogP contribution in [0.1, 0.15) is 30.6 Å². The van der Waals surface area contributed by atoms with Crippen LogP contribution in [0.25, 0.3) is 0 Å². The maximum atomic E-state index is 12.0. The van der Waals surface area contributed by atoms with Crippen molar-refractivity contribution in [1.29, 1.82) is 0 Å². The number of nitrogens with one attached hydrogen (secondary N) is 1. The molecule has 18 heavy (non-hydrogen) atoms. The third-order valence-corrected chi connectivity index (χ3v) is 3.43. The van der Waals surface area contributed by atoms with Crippen molar-refractivity contribution in [2.75, 3.05) is 12.9 Å². The molecule has 1 unspecified atom stereocenters. The van der Waals surface area contributed by atoms with E-state index in [1.807, 2.05) is 26.2 Å². The number of aromatic nitrogens is 1. The summed E-state index contributed by atoms with van der Waals surface area (Å²) in [4.78, 5) is 16.2. The Morgan fingerprint density at radius 2 is 2.22 bits per heavy atom. The van der Waals surface area contributed by atoms with Gasteiger partial charge in [0.05, 0.1) is 10.6 Å². The fourth-order valence-electron chi connectivity index (χ4n) is 1.60. The van der Waals surface area contributed by atoms with Gasteiger partial charge in [-0.05, 0) is 30.7 Å². The topological polar surface area (TPSA) is 62.2 Å². The first-order valence-electron chi connectivity index (χ1n) is 6.00. The van der Waals surface area contributed by atoms with Crippen LogP contribution in [0.4, 0.5) is 0 Å². The van der Waals surface area contributed by atoms with Crippen LogP contribution in [0.15, 0.2) is 23.4 Å². The third kappa shape index (κ3) is 4.31.